The van der Waals surface area contributed by atoms with Crippen molar-refractivity contribution in [1.29, 1.82) is 0 Å². The van der Waals surface area contributed by atoms with Gasteiger partial charge in [-0.1, -0.05) is 13.3 Å². The Bertz CT molecular complexity index is 165. The maximum absolute atomic E-state index is 9.96. The minimum atomic E-state index is -0.542. The molecule has 15 heavy (non-hydrogen) atoms. The third-order valence-corrected chi connectivity index (χ3v) is 3.07. The molecule has 0 bridgehead atoms. The van der Waals surface area contributed by atoms with Crippen LogP contribution in [0.15, 0.2) is 0 Å². The highest BCUT2D eigenvalue weighted by atomic mass is 16.5. The standard InChI is InChI=1S/C12H25NO2/c1-3-6-12(2,14)10-13-9-11-4-7-15-8-5-11/h11,13-14H,3-10H2,1-2H3. The molecule has 0 radical (unpaired) electrons. The van der Waals surface area contributed by atoms with Gasteiger partial charge in [-0.05, 0) is 38.6 Å². The summed E-state index contributed by atoms with van der Waals surface area (Å²) in [6, 6.07) is 0. The largest absolute Gasteiger partial charge is 0.389 e. The van der Waals surface area contributed by atoms with Crippen LogP contribution in [0.5, 0.6) is 0 Å². The van der Waals surface area contributed by atoms with Crippen LogP contribution in [0.25, 0.3) is 0 Å². The Morgan fingerprint density at radius 2 is 2.07 bits per heavy atom. The quantitative estimate of drug-likeness (QED) is 0.706. The van der Waals surface area contributed by atoms with Crippen LogP contribution in [-0.2, 0) is 4.74 Å². The Balaban J connectivity index is 2.09. The molecular weight excluding hydrogens is 190 g/mol. The fourth-order valence-corrected chi connectivity index (χ4v) is 2.12. The second kappa shape index (κ2) is 6.46. The maximum Gasteiger partial charge on any atom is 0.0743 e. The lowest BCUT2D eigenvalue weighted by Gasteiger charge is -2.26. The summed E-state index contributed by atoms with van der Waals surface area (Å²) in [6.07, 6.45) is 4.21. The first-order valence-corrected chi connectivity index (χ1v) is 6.15. The molecule has 1 aliphatic heterocycles. The second-order valence-electron chi connectivity index (χ2n) is 4.93. The molecule has 0 aliphatic carbocycles. The van der Waals surface area contributed by atoms with Crippen molar-refractivity contribution >= 4 is 0 Å². The van der Waals surface area contributed by atoms with Crippen molar-refractivity contribution in [3.63, 3.8) is 0 Å². The molecule has 3 heteroatoms. The van der Waals surface area contributed by atoms with Crippen molar-refractivity contribution in [2.45, 2.75) is 45.1 Å². The minimum absolute atomic E-state index is 0.542. The number of nitrogens with one attached hydrogen (secondary N) is 1. The van der Waals surface area contributed by atoms with Crippen LogP contribution in [-0.4, -0.2) is 37.0 Å². The molecule has 1 unspecified atom stereocenters. The lowest BCUT2D eigenvalue weighted by molar-refractivity contribution is 0.0420. The third-order valence-electron chi connectivity index (χ3n) is 3.07. The molecule has 1 aliphatic rings. The average molecular weight is 215 g/mol. The topological polar surface area (TPSA) is 41.5 Å². The van der Waals surface area contributed by atoms with Crippen molar-refractivity contribution in [3.05, 3.63) is 0 Å². The zero-order valence-electron chi connectivity index (χ0n) is 10.1. The van der Waals surface area contributed by atoms with Crippen LogP contribution in [0.1, 0.15) is 39.5 Å². The highest BCUT2D eigenvalue weighted by Crippen LogP contribution is 2.14. The van der Waals surface area contributed by atoms with Crippen molar-refractivity contribution in [2.24, 2.45) is 5.92 Å². The van der Waals surface area contributed by atoms with E-state index in [1.165, 1.54) is 0 Å². The fourth-order valence-electron chi connectivity index (χ4n) is 2.12. The Labute approximate surface area is 93.2 Å². The van der Waals surface area contributed by atoms with E-state index in [0.717, 1.165) is 51.4 Å². The summed E-state index contributed by atoms with van der Waals surface area (Å²) >= 11 is 0. The number of hydrogen-bond acceptors (Lipinski definition) is 3. The van der Waals surface area contributed by atoms with E-state index in [9.17, 15) is 5.11 Å². The number of hydrogen-bond donors (Lipinski definition) is 2. The van der Waals surface area contributed by atoms with Crippen molar-refractivity contribution in [1.82, 2.24) is 5.32 Å². The number of ether oxygens (including phenoxy) is 1. The highest BCUT2D eigenvalue weighted by molar-refractivity contribution is 4.76. The van der Waals surface area contributed by atoms with Gasteiger partial charge in [-0.2, -0.15) is 0 Å². The van der Waals surface area contributed by atoms with Crippen molar-refractivity contribution in [2.75, 3.05) is 26.3 Å². The molecule has 1 heterocycles. The lowest BCUT2D eigenvalue weighted by atomic mass is 9.98. The molecule has 1 fully saturated rings. The molecule has 2 N–H and O–H groups in total. The van der Waals surface area contributed by atoms with Crippen molar-refractivity contribution in [3.8, 4) is 0 Å². The molecule has 0 amide bonds. The molecule has 1 rings (SSSR count). The highest BCUT2D eigenvalue weighted by Gasteiger charge is 2.19. The van der Waals surface area contributed by atoms with E-state index in [4.69, 9.17) is 4.74 Å². The van der Waals surface area contributed by atoms with Gasteiger partial charge in [0, 0.05) is 19.8 Å². The Kier molecular flexibility index (Phi) is 5.58. The van der Waals surface area contributed by atoms with E-state index in [0.29, 0.717) is 6.54 Å². The van der Waals surface area contributed by atoms with Gasteiger partial charge in [-0.15, -0.1) is 0 Å². The predicted octanol–water partition coefficient (Wildman–Crippen LogP) is 1.55. The summed E-state index contributed by atoms with van der Waals surface area (Å²) in [5, 5.41) is 13.3. The first kappa shape index (κ1) is 12.9. The van der Waals surface area contributed by atoms with Crippen molar-refractivity contribution < 1.29 is 9.84 Å². The summed E-state index contributed by atoms with van der Waals surface area (Å²) in [5.74, 6) is 0.733. The first-order chi connectivity index (χ1) is 7.14. The van der Waals surface area contributed by atoms with E-state index in [2.05, 4.69) is 12.2 Å². The van der Waals surface area contributed by atoms with E-state index in [1.54, 1.807) is 0 Å². The average Bonchev–Trinajstić information content (AvgIpc) is 2.19. The monoisotopic (exact) mass is 215 g/mol. The Morgan fingerprint density at radius 3 is 2.67 bits per heavy atom. The van der Waals surface area contributed by atoms with Crippen LogP contribution in [0.4, 0.5) is 0 Å². The normalized spacial score (nSPS) is 22.6. The smallest absolute Gasteiger partial charge is 0.0743 e. The zero-order chi connectivity index (χ0) is 11.1. The molecular formula is C12H25NO2. The van der Waals surface area contributed by atoms with Gasteiger partial charge in [0.1, 0.15) is 0 Å². The van der Waals surface area contributed by atoms with E-state index < -0.39 is 5.60 Å². The van der Waals surface area contributed by atoms with Gasteiger partial charge in [0.25, 0.3) is 0 Å². The van der Waals surface area contributed by atoms with Crippen LogP contribution in [0, 0.1) is 5.92 Å². The lowest BCUT2D eigenvalue weighted by Crippen LogP contribution is -2.40. The minimum Gasteiger partial charge on any atom is -0.389 e. The SMILES string of the molecule is CCCC(C)(O)CNCC1CCOCC1. The summed E-state index contributed by atoms with van der Waals surface area (Å²) in [7, 11) is 0. The van der Waals surface area contributed by atoms with Crippen LogP contribution < -0.4 is 5.32 Å². The molecule has 3 nitrogen and oxygen atoms in total. The predicted molar refractivity (Wildman–Crippen MR) is 61.9 cm³/mol. The maximum atomic E-state index is 9.96. The summed E-state index contributed by atoms with van der Waals surface area (Å²) in [6.45, 7) is 7.54. The Hall–Kier alpha value is -0.120. The second-order valence-corrected chi connectivity index (χ2v) is 4.93. The number of aliphatic hydroxyl groups is 1. The van der Waals surface area contributed by atoms with E-state index >= 15 is 0 Å². The molecule has 0 aromatic rings. The molecule has 1 saturated heterocycles. The van der Waals surface area contributed by atoms with Gasteiger partial charge in [-0.25, -0.2) is 0 Å². The van der Waals surface area contributed by atoms with Crippen LogP contribution in [0.3, 0.4) is 0 Å². The molecule has 0 spiro atoms. The van der Waals surface area contributed by atoms with Gasteiger partial charge in [0.05, 0.1) is 5.60 Å². The molecule has 90 valence electrons. The molecule has 0 aromatic heterocycles. The van der Waals surface area contributed by atoms with Crippen LogP contribution in [0.2, 0.25) is 0 Å². The van der Waals surface area contributed by atoms with E-state index in [-0.39, 0.29) is 0 Å². The Morgan fingerprint density at radius 1 is 1.40 bits per heavy atom. The summed E-state index contributed by atoms with van der Waals surface area (Å²) in [5.41, 5.74) is -0.542. The zero-order valence-corrected chi connectivity index (χ0v) is 10.1. The number of rotatable bonds is 6. The summed E-state index contributed by atoms with van der Waals surface area (Å²) in [4.78, 5) is 0. The molecule has 1 atom stereocenters. The van der Waals surface area contributed by atoms with Gasteiger partial charge >= 0.3 is 0 Å². The van der Waals surface area contributed by atoms with E-state index in [1.807, 2.05) is 6.92 Å². The van der Waals surface area contributed by atoms with Crippen LogP contribution >= 0.6 is 0 Å². The molecule has 0 aromatic carbocycles. The summed E-state index contributed by atoms with van der Waals surface area (Å²) < 4.78 is 5.31. The fraction of sp³-hybridized carbons (Fsp3) is 1.00. The van der Waals surface area contributed by atoms with Gasteiger partial charge in [0.2, 0.25) is 0 Å². The molecule has 0 saturated carbocycles. The first-order valence-electron chi connectivity index (χ1n) is 6.15. The third kappa shape index (κ3) is 5.50. The van der Waals surface area contributed by atoms with Gasteiger partial charge in [-0.3, -0.25) is 0 Å². The van der Waals surface area contributed by atoms with Gasteiger partial charge in [0.15, 0.2) is 0 Å². The van der Waals surface area contributed by atoms with Gasteiger partial charge < -0.3 is 15.2 Å².